The van der Waals surface area contributed by atoms with E-state index >= 15 is 4.39 Å². The maximum atomic E-state index is 15.2. The monoisotopic (exact) mass is 579 g/mol. The van der Waals surface area contributed by atoms with Crippen molar-refractivity contribution in [2.24, 2.45) is 0 Å². The van der Waals surface area contributed by atoms with Gasteiger partial charge in [0.1, 0.15) is 17.2 Å². The van der Waals surface area contributed by atoms with Crippen molar-refractivity contribution >= 4 is 22.8 Å². The van der Waals surface area contributed by atoms with Crippen LogP contribution >= 0.6 is 0 Å². The fraction of sp³-hybridized carbons (Fsp3) is 0.324. The molecule has 4 heterocycles. The van der Waals surface area contributed by atoms with Crippen LogP contribution in [0.4, 0.5) is 14.9 Å². The largest absolute Gasteiger partial charge is 0.339 e. The Labute approximate surface area is 251 Å². The van der Waals surface area contributed by atoms with Crippen molar-refractivity contribution in [3.63, 3.8) is 0 Å². The van der Waals surface area contributed by atoms with Crippen LogP contribution in [-0.2, 0) is 13.1 Å². The third-order valence-electron chi connectivity index (χ3n) is 8.32. The molecule has 1 aliphatic heterocycles. The Morgan fingerprint density at radius 2 is 1.72 bits per heavy atom. The van der Waals surface area contributed by atoms with E-state index in [4.69, 9.17) is 5.10 Å². The normalized spacial score (nSPS) is 13.6. The summed E-state index contributed by atoms with van der Waals surface area (Å²) in [7, 11) is 0. The third-order valence-corrected chi connectivity index (χ3v) is 8.32. The number of benzene rings is 2. The van der Waals surface area contributed by atoms with Gasteiger partial charge in [0.05, 0.1) is 0 Å². The summed E-state index contributed by atoms with van der Waals surface area (Å²) < 4.78 is 17.1. The molecule has 0 aliphatic carbocycles. The summed E-state index contributed by atoms with van der Waals surface area (Å²) in [5, 5.41) is 8.81. The molecule has 0 saturated carbocycles. The van der Waals surface area contributed by atoms with Crippen molar-refractivity contribution in [2.75, 3.05) is 31.5 Å². The molecular weight excluding hydrogens is 541 g/mol. The molecule has 1 fully saturated rings. The number of rotatable bonds is 9. The maximum absolute atomic E-state index is 15.2. The van der Waals surface area contributed by atoms with Crippen molar-refractivity contribution in [3.05, 3.63) is 78.4 Å². The SMILES string of the molecule is CCN(CC)C(=O)Nc1ccc(-c2nn(CC)cc2-c2ccnc3[nH]c(-c4ccc(CN5CCCC5)c(F)c4)cc23)cc1. The van der Waals surface area contributed by atoms with Gasteiger partial charge in [-0.05, 0) is 82.6 Å². The quantitative estimate of drug-likeness (QED) is 0.191. The molecule has 2 amide bonds. The number of anilines is 1. The number of amides is 2. The van der Waals surface area contributed by atoms with Crippen LogP contribution in [0.3, 0.4) is 0 Å². The first-order valence-electron chi connectivity index (χ1n) is 15.2. The van der Waals surface area contributed by atoms with E-state index in [0.717, 1.165) is 75.6 Å². The summed E-state index contributed by atoms with van der Waals surface area (Å²) in [4.78, 5) is 24.6. The molecular formula is C34H38FN7O. The van der Waals surface area contributed by atoms with Crippen LogP contribution in [0.25, 0.3) is 44.7 Å². The average Bonchev–Trinajstić information content (AvgIpc) is 3.79. The number of nitrogens with one attached hydrogen (secondary N) is 2. The number of hydrogen-bond acceptors (Lipinski definition) is 4. The Morgan fingerprint density at radius 3 is 2.42 bits per heavy atom. The number of carbonyl (C=O) groups excluding carboxylic acids is 1. The molecule has 8 nitrogen and oxygen atoms in total. The van der Waals surface area contributed by atoms with E-state index in [1.54, 1.807) is 17.2 Å². The number of aromatic amines is 1. The number of aryl methyl sites for hydroxylation is 1. The zero-order valence-electron chi connectivity index (χ0n) is 25.0. The minimum absolute atomic E-state index is 0.114. The van der Waals surface area contributed by atoms with Crippen molar-refractivity contribution < 1.29 is 9.18 Å². The number of urea groups is 1. The standard InChI is InChI=1S/C34H38FN7O/c1-4-41(5-2)34(43)37-26-13-11-23(12-14-26)32-29(22-42(6-3)39-32)27-15-16-36-33-28(27)20-31(38-33)24-9-10-25(30(35)19-24)21-40-17-7-8-18-40/h9-16,19-20,22H,4-8,17-18,21H2,1-3H3,(H,36,38)(H,37,43). The zero-order valence-corrected chi connectivity index (χ0v) is 25.0. The third kappa shape index (κ3) is 5.90. The van der Waals surface area contributed by atoms with Gasteiger partial charge in [-0.15, -0.1) is 0 Å². The van der Waals surface area contributed by atoms with Crippen LogP contribution in [-0.4, -0.2) is 61.8 Å². The van der Waals surface area contributed by atoms with Gasteiger partial charge < -0.3 is 15.2 Å². The second kappa shape index (κ2) is 12.4. The lowest BCUT2D eigenvalue weighted by molar-refractivity contribution is 0.217. The molecule has 1 saturated heterocycles. The highest BCUT2D eigenvalue weighted by Crippen LogP contribution is 2.37. The molecule has 0 spiro atoms. The molecule has 222 valence electrons. The summed E-state index contributed by atoms with van der Waals surface area (Å²) in [5.41, 5.74) is 7.57. The lowest BCUT2D eigenvalue weighted by Gasteiger charge is -2.19. The van der Waals surface area contributed by atoms with Crippen LogP contribution in [0, 0.1) is 5.82 Å². The lowest BCUT2D eigenvalue weighted by atomic mass is 9.99. The molecule has 3 aromatic heterocycles. The fourth-order valence-corrected chi connectivity index (χ4v) is 5.86. The molecule has 0 bridgehead atoms. The molecule has 0 radical (unpaired) electrons. The van der Waals surface area contributed by atoms with Crippen molar-refractivity contribution in [1.82, 2.24) is 29.5 Å². The number of carbonyl (C=O) groups is 1. The molecule has 9 heteroatoms. The Balaban J connectivity index is 1.31. The number of nitrogens with zero attached hydrogens (tertiary/aromatic N) is 5. The summed E-state index contributed by atoms with van der Waals surface area (Å²) in [5.74, 6) is -0.181. The first-order valence-corrected chi connectivity index (χ1v) is 15.2. The van der Waals surface area contributed by atoms with Crippen LogP contribution in [0.15, 0.2) is 67.0 Å². The van der Waals surface area contributed by atoms with Gasteiger partial charge in [-0.25, -0.2) is 14.2 Å². The minimum Gasteiger partial charge on any atom is -0.339 e. The van der Waals surface area contributed by atoms with E-state index in [9.17, 15) is 4.79 Å². The summed E-state index contributed by atoms with van der Waals surface area (Å²) in [6, 6.07) is 17.2. The summed E-state index contributed by atoms with van der Waals surface area (Å²) in [6.07, 6.45) is 6.21. The van der Waals surface area contributed by atoms with Gasteiger partial charge in [0.15, 0.2) is 0 Å². The molecule has 2 aromatic carbocycles. The van der Waals surface area contributed by atoms with E-state index < -0.39 is 0 Å². The average molecular weight is 580 g/mol. The maximum Gasteiger partial charge on any atom is 0.321 e. The number of likely N-dealkylation sites (tertiary alicyclic amines) is 1. The van der Waals surface area contributed by atoms with E-state index in [1.165, 1.54) is 12.8 Å². The Kier molecular flexibility index (Phi) is 8.24. The number of halogens is 1. The van der Waals surface area contributed by atoms with Crippen LogP contribution < -0.4 is 5.32 Å². The van der Waals surface area contributed by atoms with E-state index in [-0.39, 0.29) is 11.8 Å². The Morgan fingerprint density at radius 1 is 0.977 bits per heavy atom. The van der Waals surface area contributed by atoms with Crippen LogP contribution in [0.2, 0.25) is 0 Å². The van der Waals surface area contributed by atoms with Crippen molar-refractivity contribution in [1.29, 1.82) is 0 Å². The van der Waals surface area contributed by atoms with E-state index in [1.807, 2.05) is 67.1 Å². The molecule has 6 rings (SSSR count). The summed E-state index contributed by atoms with van der Waals surface area (Å²) >= 11 is 0. The highest BCUT2D eigenvalue weighted by atomic mass is 19.1. The Hall–Kier alpha value is -4.50. The van der Waals surface area contributed by atoms with E-state index in [2.05, 4.69) is 33.3 Å². The predicted octanol–water partition coefficient (Wildman–Crippen LogP) is 7.39. The first kappa shape index (κ1) is 28.6. The van der Waals surface area contributed by atoms with Gasteiger partial charge in [-0.1, -0.05) is 24.3 Å². The van der Waals surface area contributed by atoms with Gasteiger partial charge in [0.2, 0.25) is 0 Å². The predicted molar refractivity (Wildman–Crippen MR) is 170 cm³/mol. The topological polar surface area (TPSA) is 82.1 Å². The second-order valence-electron chi connectivity index (χ2n) is 11.0. The second-order valence-corrected chi connectivity index (χ2v) is 11.0. The smallest absolute Gasteiger partial charge is 0.321 e. The lowest BCUT2D eigenvalue weighted by Crippen LogP contribution is -2.34. The highest BCUT2D eigenvalue weighted by molar-refractivity contribution is 5.99. The number of pyridine rings is 1. The van der Waals surface area contributed by atoms with Gasteiger partial charge in [-0.3, -0.25) is 9.58 Å². The van der Waals surface area contributed by atoms with E-state index in [0.29, 0.717) is 19.6 Å². The fourth-order valence-electron chi connectivity index (χ4n) is 5.86. The minimum atomic E-state index is -0.181. The molecule has 5 aromatic rings. The number of hydrogen-bond donors (Lipinski definition) is 2. The molecule has 0 atom stereocenters. The number of aromatic nitrogens is 4. The molecule has 0 unspecified atom stereocenters. The Bertz CT molecular complexity index is 1730. The zero-order chi connectivity index (χ0) is 29.9. The molecule has 43 heavy (non-hydrogen) atoms. The van der Waals surface area contributed by atoms with Gasteiger partial charge >= 0.3 is 6.03 Å². The first-order chi connectivity index (χ1) is 21.0. The van der Waals surface area contributed by atoms with Crippen molar-refractivity contribution in [2.45, 2.75) is 46.7 Å². The molecule has 2 N–H and O–H groups in total. The van der Waals surface area contributed by atoms with Crippen LogP contribution in [0.1, 0.15) is 39.2 Å². The molecule has 1 aliphatic rings. The summed E-state index contributed by atoms with van der Waals surface area (Å²) in [6.45, 7) is 10.7. The van der Waals surface area contributed by atoms with Gasteiger partial charge in [0, 0.05) is 77.6 Å². The number of fused-ring (bicyclic) bond motifs is 1. The van der Waals surface area contributed by atoms with Crippen molar-refractivity contribution in [3.8, 4) is 33.6 Å². The van der Waals surface area contributed by atoms with Gasteiger partial charge in [0.25, 0.3) is 0 Å². The van der Waals surface area contributed by atoms with Crippen LogP contribution in [0.5, 0.6) is 0 Å². The van der Waals surface area contributed by atoms with Gasteiger partial charge in [-0.2, -0.15) is 5.10 Å². The highest BCUT2D eigenvalue weighted by Gasteiger charge is 2.19. The number of H-pyrrole nitrogens is 1.